The number of thiazole rings is 1. The minimum Gasteiger partial charge on any atom is -0.496 e. The van der Waals surface area contributed by atoms with Gasteiger partial charge in [-0.2, -0.15) is 0 Å². The van der Waals surface area contributed by atoms with Crippen LogP contribution in [0.5, 0.6) is 5.75 Å². The van der Waals surface area contributed by atoms with E-state index in [1.54, 1.807) is 7.11 Å². The van der Waals surface area contributed by atoms with Crippen LogP contribution < -0.4 is 15.0 Å². The Balaban J connectivity index is 1.78. The highest BCUT2D eigenvalue weighted by Gasteiger charge is 2.21. The van der Waals surface area contributed by atoms with E-state index in [4.69, 9.17) is 4.74 Å². The summed E-state index contributed by atoms with van der Waals surface area (Å²) in [6.45, 7) is 3.81. The number of benzene rings is 2. The molecule has 0 bridgehead atoms. The first-order valence-electron chi connectivity index (χ1n) is 8.71. The predicted molar refractivity (Wildman–Crippen MR) is 110 cm³/mol. The number of anilines is 2. The lowest BCUT2D eigenvalue weighted by atomic mass is 10.1. The van der Waals surface area contributed by atoms with Crippen molar-refractivity contribution in [1.29, 1.82) is 0 Å². The third-order valence-corrected chi connectivity index (χ3v) is 5.61. The molecule has 0 unspecified atom stereocenters. The summed E-state index contributed by atoms with van der Waals surface area (Å²) in [7, 11) is 3.58. The van der Waals surface area contributed by atoms with E-state index in [0.717, 1.165) is 27.8 Å². The van der Waals surface area contributed by atoms with Gasteiger partial charge >= 0.3 is 0 Å². The topological polar surface area (TPSA) is 54.5 Å². The van der Waals surface area contributed by atoms with Gasteiger partial charge in [0.05, 0.1) is 18.8 Å². The van der Waals surface area contributed by atoms with E-state index in [0.29, 0.717) is 4.88 Å². The Hall–Kier alpha value is -2.86. The number of carbonyl (C=O) groups is 1. The maximum absolute atomic E-state index is 12.8. The molecular weight excluding hydrogens is 358 g/mol. The fraction of sp³-hybridized carbons (Fsp3) is 0.238. The van der Waals surface area contributed by atoms with Crippen molar-refractivity contribution >= 4 is 28.1 Å². The molecule has 0 aliphatic heterocycles. The summed E-state index contributed by atoms with van der Waals surface area (Å²) in [6, 6.07) is 17.5. The average molecular weight is 382 g/mol. The van der Waals surface area contributed by atoms with Crippen LogP contribution in [0.3, 0.4) is 0 Å². The summed E-state index contributed by atoms with van der Waals surface area (Å²) in [5.74, 6) is 0.631. The summed E-state index contributed by atoms with van der Waals surface area (Å²) < 4.78 is 5.39. The molecule has 3 rings (SSSR count). The summed E-state index contributed by atoms with van der Waals surface area (Å²) >= 11 is 1.39. The number of nitrogens with zero attached hydrogens (tertiary/aromatic N) is 2. The fourth-order valence-corrected chi connectivity index (χ4v) is 3.81. The van der Waals surface area contributed by atoms with Gasteiger partial charge in [0.2, 0.25) is 0 Å². The molecule has 0 saturated heterocycles. The van der Waals surface area contributed by atoms with Crippen molar-refractivity contribution < 1.29 is 9.53 Å². The van der Waals surface area contributed by atoms with Crippen molar-refractivity contribution in [3.63, 3.8) is 0 Å². The number of methoxy groups -OCH3 is 1. The molecule has 5 nitrogen and oxygen atoms in total. The third kappa shape index (κ3) is 4.11. The molecule has 0 fully saturated rings. The highest BCUT2D eigenvalue weighted by atomic mass is 32.1. The minimum absolute atomic E-state index is 0.129. The zero-order valence-corrected chi connectivity index (χ0v) is 16.7. The van der Waals surface area contributed by atoms with Crippen LogP contribution in [0.2, 0.25) is 0 Å². The van der Waals surface area contributed by atoms with Crippen LogP contribution >= 0.6 is 11.3 Å². The number of ether oxygens (including phenoxy) is 1. The van der Waals surface area contributed by atoms with Crippen molar-refractivity contribution in [2.45, 2.75) is 19.9 Å². The van der Waals surface area contributed by atoms with Gasteiger partial charge in [-0.25, -0.2) is 4.98 Å². The van der Waals surface area contributed by atoms with Crippen molar-refractivity contribution in [2.75, 3.05) is 19.1 Å². The van der Waals surface area contributed by atoms with Crippen LogP contribution in [0.25, 0.3) is 0 Å². The summed E-state index contributed by atoms with van der Waals surface area (Å²) in [5.41, 5.74) is 2.69. The normalized spacial score (nSPS) is 11.7. The van der Waals surface area contributed by atoms with Gasteiger partial charge in [0.15, 0.2) is 5.13 Å². The molecule has 1 aromatic heterocycles. The summed E-state index contributed by atoms with van der Waals surface area (Å²) in [5, 5.41) is 3.84. The van der Waals surface area contributed by atoms with Crippen molar-refractivity contribution in [3.8, 4) is 5.75 Å². The quantitative estimate of drug-likeness (QED) is 0.671. The Morgan fingerprint density at radius 2 is 1.81 bits per heavy atom. The summed E-state index contributed by atoms with van der Waals surface area (Å²) in [4.78, 5) is 20.0. The Labute approximate surface area is 163 Å². The molecule has 0 spiro atoms. The van der Waals surface area contributed by atoms with Gasteiger partial charge in [0.1, 0.15) is 10.6 Å². The molecule has 27 heavy (non-hydrogen) atoms. The van der Waals surface area contributed by atoms with Crippen LogP contribution in [0.1, 0.15) is 33.9 Å². The van der Waals surface area contributed by atoms with Gasteiger partial charge in [0, 0.05) is 18.3 Å². The van der Waals surface area contributed by atoms with E-state index in [1.807, 2.05) is 80.4 Å². The van der Waals surface area contributed by atoms with Crippen LogP contribution in [-0.4, -0.2) is 25.0 Å². The molecule has 1 atom stereocenters. The van der Waals surface area contributed by atoms with Crippen LogP contribution in [0.4, 0.5) is 10.8 Å². The van der Waals surface area contributed by atoms with Gasteiger partial charge in [0.25, 0.3) is 5.91 Å². The second-order valence-corrected chi connectivity index (χ2v) is 7.22. The molecule has 0 aliphatic carbocycles. The molecule has 2 aromatic carbocycles. The number of hydrogen-bond acceptors (Lipinski definition) is 5. The lowest BCUT2D eigenvalue weighted by Crippen LogP contribution is -2.26. The Morgan fingerprint density at radius 1 is 1.15 bits per heavy atom. The van der Waals surface area contributed by atoms with Crippen molar-refractivity contribution in [2.24, 2.45) is 0 Å². The van der Waals surface area contributed by atoms with Crippen molar-refractivity contribution in [1.82, 2.24) is 10.3 Å². The fourth-order valence-electron chi connectivity index (χ4n) is 2.86. The third-order valence-electron chi connectivity index (χ3n) is 4.37. The molecular formula is C21H23N3O2S. The van der Waals surface area contributed by atoms with Crippen molar-refractivity contribution in [3.05, 3.63) is 70.7 Å². The molecule has 0 aliphatic rings. The molecule has 140 valence electrons. The van der Waals surface area contributed by atoms with Gasteiger partial charge in [-0.05, 0) is 32.0 Å². The second kappa shape index (κ2) is 8.22. The molecule has 1 N–H and O–H groups in total. The SMILES string of the molecule is COc1ccccc1[C@H](C)NC(=O)c1sc(N(C)c2ccccc2)nc1C. The molecule has 6 heteroatoms. The number of aromatic nitrogens is 1. The maximum Gasteiger partial charge on any atom is 0.263 e. The Morgan fingerprint density at radius 3 is 2.52 bits per heavy atom. The van der Waals surface area contributed by atoms with Gasteiger partial charge in [-0.1, -0.05) is 47.7 Å². The maximum atomic E-state index is 12.8. The number of nitrogens with one attached hydrogen (secondary N) is 1. The highest BCUT2D eigenvalue weighted by Crippen LogP contribution is 2.31. The largest absolute Gasteiger partial charge is 0.496 e. The smallest absolute Gasteiger partial charge is 0.263 e. The predicted octanol–water partition coefficient (Wildman–Crippen LogP) is 4.72. The summed E-state index contributed by atoms with van der Waals surface area (Å²) in [6.07, 6.45) is 0. The van der Waals surface area contributed by atoms with E-state index < -0.39 is 0 Å². The van der Waals surface area contributed by atoms with Crippen LogP contribution in [0.15, 0.2) is 54.6 Å². The zero-order chi connectivity index (χ0) is 19.4. The lowest BCUT2D eigenvalue weighted by Gasteiger charge is -2.17. The number of amides is 1. The first-order chi connectivity index (χ1) is 13.0. The zero-order valence-electron chi connectivity index (χ0n) is 15.9. The van der Waals surface area contributed by atoms with E-state index in [9.17, 15) is 4.79 Å². The number of aryl methyl sites for hydroxylation is 1. The van der Waals surface area contributed by atoms with Crippen LogP contribution in [-0.2, 0) is 0 Å². The lowest BCUT2D eigenvalue weighted by molar-refractivity contribution is 0.0943. The van der Waals surface area contributed by atoms with E-state index >= 15 is 0 Å². The Bertz CT molecular complexity index is 924. The first kappa shape index (κ1) is 18.9. The number of carbonyl (C=O) groups excluding carboxylic acids is 1. The number of hydrogen-bond donors (Lipinski definition) is 1. The van der Waals surface area contributed by atoms with Gasteiger partial charge < -0.3 is 15.0 Å². The molecule has 1 heterocycles. The number of para-hydroxylation sites is 2. The monoisotopic (exact) mass is 381 g/mol. The molecule has 0 radical (unpaired) electrons. The number of rotatable bonds is 6. The minimum atomic E-state index is -0.176. The highest BCUT2D eigenvalue weighted by molar-refractivity contribution is 7.17. The first-order valence-corrected chi connectivity index (χ1v) is 9.53. The standard InChI is InChI=1S/C21H23N3O2S/c1-14(17-12-8-9-13-18(17)26-4)22-20(25)19-15(2)23-21(27-19)24(3)16-10-6-5-7-11-16/h5-14H,1-4H3,(H,22,25)/t14-/m0/s1. The van der Waals surface area contributed by atoms with Crippen LogP contribution in [0, 0.1) is 6.92 Å². The molecule has 0 saturated carbocycles. The molecule has 1 amide bonds. The molecule has 3 aromatic rings. The van der Waals surface area contributed by atoms with Gasteiger partial charge in [-0.15, -0.1) is 0 Å². The van der Waals surface area contributed by atoms with E-state index in [-0.39, 0.29) is 11.9 Å². The second-order valence-electron chi connectivity index (χ2n) is 6.24. The Kier molecular flexibility index (Phi) is 5.76. The average Bonchev–Trinajstić information content (AvgIpc) is 3.09. The van der Waals surface area contributed by atoms with E-state index in [1.165, 1.54) is 11.3 Å². The van der Waals surface area contributed by atoms with Gasteiger partial charge in [-0.3, -0.25) is 4.79 Å². The van der Waals surface area contributed by atoms with E-state index in [2.05, 4.69) is 10.3 Å².